The van der Waals surface area contributed by atoms with Crippen LogP contribution in [0.5, 0.6) is 0 Å². The second-order valence-corrected chi connectivity index (χ2v) is 6.35. The molecule has 0 aromatic rings. The molecule has 0 aliphatic carbocycles. The third-order valence-corrected chi connectivity index (χ3v) is 3.92. The van der Waals surface area contributed by atoms with E-state index < -0.39 is 0 Å². The number of likely N-dealkylation sites (N-methyl/N-ethyl adjacent to an activating group) is 2. The quantitative estimate of drug-likeness (QED) is 0.639. The Hall–Kier alpha value is -1.22. The number of amides is 2. The van der Waals surface area contributed by atoms with Gasteiger partial charge >= 0.3 is 0 Å². The molecule has 8 nitrogen and oxygen atoms in total. The third-order valence-electron chi connectivity index (χ3n) is 3.92. The summed E-state index contributed by atoms with van der Waals surface area (Å²) in [6.45, 7) is 5.79. The summed E-state index contributed by atoms with van der Waals surface area (Å²) in [6.07, 6.45) is 0. The number of nitrogens with zero attached hydrogens (tertiary/aromatic N) is 4. The molecule has 0 spiro atoms. The first kappa shape index (κ1) is 20.8. The summed E-state index contributed by atoms with van der Waals surface area (Å²) in [5.74, 6) is 0.158. The number of hydrogen-bond acceptors (Lipinski definition) is 6. The van der Waals surface area contributed by atoms with E-state index in [4.69, 9.17) is 9.47 Å². The van der Waals surface area contributed by atoms with Crippen molar-refractivity contribution in [2.24, 2.45) is 0 Å². The van der Waals surface area contributed by atoms with Gasteiger partial charge in [-0.25, -0.2) is 0 Å². The first-order valence-corrected chi connectivity index (χ1v) is 8.40. The molecule has 0 radical (unpaired) electrons. The Bertz CT molecular complexity index is 342. The lowest BCUT2D eigenvalue weighted by Gasteiger charge is -2.26. The van der Waals surface area contributed by atoms with Crippen LogP contribution in [0.25, 0.3) is 0 Å². The fourth-order valence-electron chi connectivity index (χ4n) is 2.18. The van der Waals surface area contributed by atoms with E-state index in [0.29, 0.717) is 65.7 Å². The Labute approximate surface area is 145 Å². The third kappa shape index (κ3) is 8.58. The molecule has 140 valence electrons. The Morgan fingerprint density at radius 3 is 1.25 bits per heavy atom. The Balaban J connectivity index is 2.43. The first-order chi connectivity index (χ1) is 11.4. The minimum absolute atomic E-state index is 0.0791. The first-order valence-electron chi connectivity index (χ1n) is 8.40. The minimum atomic E-state index is 0.0791. The summed E-state index contributed by atoms with van der Waals surface area (Å²) in [6, 6.07) is 0. The average Bonchev–Trinajstić information content (AvgIpc) is 2.51. The fourth-order valence-corrected chi connectivity index (χ4v) is 2.18. The lowest BCUT2D eigenvalue weighted by atomic mass is 10.4. The molecule has 0 unspecified atom stereocenters. The second kappa shape index (κ2) is 11.4. The molecule has 1 fully saturated rings. The van der Waals surface area contributed by atoms with E-state index in [1.165, 1.54) is 0 Å². The molecule has 1 rings (SSSR count). The van der Waals surface area contributed by atoms with Crippen LogP contribution in [0.4, 0.5) is 0 Å². The zero-order chi connectivity index (χ0) is 17.9. The van der Waals surface area contributed by atoms with Crippen LogP contribution in [0.2, 0.25) is 0 Å². The average molecular weight is 344 g/mol. The minimum Gasteiger partial charge on any atom is -0.379 e. The van der Waals surface area contributed by atoms with Gasteiger partial charge < -0.3 is 19.3 Å². The Morgan fingerprint density at radius 2 is 1.00 bits per heavy atom. The summed E-state index contributed by atoms with van der Waals surface area (Å²) in [5, 5.41) is 0. The molecule has 0 aromatic carbocycles. The van der Waals surface area contributed by atoms with E-state index in [2.05, 4.69) is 9.80 Å². The molecule has 1 heterocycles. The smallest absolute Gasteiger partial charge is 0.236 e. The van der Waals surface area contributed by atoms with Crippen LogP contribution >= 0.6 is 0 Å². The van der Waals surface area contributed by atoms with Crippen LogP contribution in [0, 0.1) is 0 Å². The summed E-state index contributed by atoms with van der Waals surface area (Å²) in [4.78, 5) is 31.0. The number of hydrogen-bond donors (Lipinski definition) is 0. The van der Waals surface area contributed by atoms with Crippen molar-refractivity contribution in [2.75, 3.05) is 93.9 Å². The van der Waals surface area contributed by atoms with Crippen molar-refractivity contribution in [3.05, 3.63) is 0 Å². The van der Waals surface area contributed by atoms with Gasteiger partial charge in [-0.1, -0.05) is 0 Å². The summed E-state index contributed by atoms with van der Waals surface area (Å²) in [5.41, 5.74) is 0. The number of carbonyl (C=O) groups is 2. The van der Waals surface area contributed by atoms with Gasteiger partial charge in [0, 0.05) is 54.4 Å². The standard InChI is InChI=1S/C16H32N4O4/c1-17(2)15(21)13-19-5-9-23-11-7-20(8-12-24-10-6-19)14-16(22)18(3)4/h5-14H2,1-4H3. The van der Waals surface area contributed by atoms with Gasteiger partial charge in [0.2, 0.25) is 11.8 Å². The SMILES string of the molecule is CN(C)C(=O)CN1CCOCCN(CC(=O)N(C)C)CCOCC1. The highest BCUT2D eigenvalue weighted by Gasteiger charge is 2.15. The van der Waals surface area contributed by atoms with Crippen LogP contribution in [-0.4, -0.2) is 125 Å². The van der Waals surface area contributed by atoms with E-state index in [-0.39, 0.29) is 11.8 Å². The molecule has 2 amide bonds. The van der Waals surface area contributed by atoms with Gasteiger partial charge in [0.25, 0.3) is 0 Å². The van der Waals surface area contributed by atoms with Crippen molar-refractivity contribution < 1.29 is 19.1 Å². The number of carbonyl (C=O) groups excluding carboxylic acids is 2. The fraction of sp³-hybridized carbons (Fsp3) is 0.875. The monoisotopic (exact) mass is 344 g/mol. The van der Waals surface area contributed by atoms with Crippen molar-refractivity contribution in [2.45, 2.75) is 0 Å². The lowest BCUT2D eigenvalue weighted by Crippen LogP contribution is -2.42. The molecule has 0 saturated carbocycles. The molecular formula is C16H32N4O4. The van der Waals surface area contributed by atoms with Crippen molar-refractivity contribution in [3.63, 3.8) is 0 Å². The van der Waals surface area contributed by atoms with Gasteiger partial charge in [0.1, 0.15) is 0 Å². The van der Waals surface area contributed by atoms with Gasteiger partial charge in [0.05, 0.1) is 39.5 Å². The van der Waals surface area contributed by atoms with Crippen molar-refractivity contribution >= 4 is 11.8 Å². The van der Waals surface area contributed by atoms with Crippen molar-refractivity contribution in [3.8, 4) is 0 Å². The van der Waals surface area contributed by atoms with Crippen LogP contribution in [0.1, 0.15) is 0 Å². The normalized spacial score (nSPS) is 19.2. The maximum absolute atomic E-state index is 11.8. The molecule has 1 saturated heterocycles. The van der Waals surface area contributed by atoms with Gasteiger partial charge in [-0.05, 0) is 0 Å². The molecule has 24 heavy (non-hydrogen) atoms. The van der Waals surface area contributed by atoms with Crippen LogP contribution in [-0.2, 0) is 19.1 Å². The topological polar surface area (TPSA) is 65.6 Å². The summed E-state index contributed by atoms with van der Waals surface area (Å²) < 4.78 is 11.4. The van der Waals surface area contributed by atoms with E-state index in [9.17, 15) is 9.59 Å². The molecule has 0 aromatic heterocycles. The molecule has 8 heteroatoms. The highest BCUT2D eigenvalue weighted by atomic mass is 16.5. The van der Waals surface area contributed by atoms with E-state index in [1.807, 2.05) is 0 Å². The van der Waals surface area contributed by atoms with E-state index >= 15 is 0 Å². The number of rotatable bonds is 4. The van der Waals surface area contributed by atoms with Crippen LogP contribution in [0.15, 0.2) is 0 Å². The van der Waals surface area contributed by atoms with Gasteiger partial charge in [0.15, 0.2) is 0 Å². The van der Waals surface area contributed by atoms with E-state index in [0.717, 1.165) is 0 Å². The maximum Gasteiger partial charge on any atom is 0.236 e. The largest absolute Gasteiger partial charge is 0.379 e. The van der Waals surface area contributed by atoms with Gasteiger partial charge in [-0.2, -0.15) is 0 Å². The highest BCUT2D eigenvalue weighted by Crippen LogP contribution is 1.97. The Morgan fingerprint density at radius 1 is 0.708 bits per heavy atom. The molecule has 0 atom stereocenters. The zero-order valence-electron chi connectivity index (χ0n) is 15.5. The number of ether oxygens (including phenoxy) is 2. The van der Waals surface area contributed by atoms with Crippen molar-refractivity contribution in [1.82, 2.24) is 19.6 Å². The molecule has 0 N–H and O–H groups in total. The Kier molecular flexibility index (Phi) is 9.85. The molecule has 0 bridgehead atoms. The second-order valence-electron chi connectivity index (χ2n) is 6.35. The van der Waals surface area contributed by atoms with Crippen LogP contribution < -0.4 is 0 Å². The molecule has 1 aliphatic rings. The maximum atomic E-state index is 11.8. The van der Waals surface area contributed by atoms with Gasteiger partial charge in [-0.3, -0.25) is 19.4 Å². The molecular weight excluding hydrogens is 312 g/mol. The summed E-state index contributed by atoms with van der Waals surface area (Å²) >= 11 is 0. The van der Waals surface area contributed by atoms with E-state index in [1.54, 1.807) is 38.0 Å². The van der Waals surface area contributed by atoms with Gasteiger partial charge in [-0.15, -0.1) is 0 Å². The zero-order valence-corrected chi connectivity index (χ0v) is 15.5. The highest BCUT2D eigenvalue weighted by molar-refractivity contribution is 5.78. The van der Waals surface area contributed by atoms with Crippen LogP contribution in [0.3, 0.4) is 0 Å². The predicted molar refractivity (Wildman–Crippen MR) is 91.9 cm³/mol. The molecule has 1 aliphatic heterocycles. The lowest BCUT2D eigenvalue weighted by molar-refractivity contribution is -0.130. The summed E-state index contributed by atoms with van der Waals surface area (Å²) in [7, 11) is 7.04. The predicted octanol–water partition coefficient (Wildman–Crippen LogP) is -1.19. The van der Waals surface area contributed by atoms with Crippen molar-refractivity contribution in [1.29, 1.82) is 0 Å².